The van der Waals surface area contributed by atoms with E-state index in [1.54, 1.807) is 0 Å². The van der Waals surface area contributed by atoms with Gasteiger partial charge in [0.2, 0.25) is 0 Å². The van der Waals surface area contributed by atoms with Gasteiger partial charge in [0.05, 0.1) is 16.4 Å². The van der Waals surface area contributed by atoms with Crippen LogP contribution >= 0.6 is 11.6 Å². The number of aromatic nitrogens is 2. The third-order valence-electron chi connectivity index (χ3n) is 3.69. The Balaban J connectivity index is 2.23. The summed E-state index contributed by atoms with van der Waals surface area (Å²) in [5.41, 5.74) is 1.80. The van der Waals surface area contributed by atoms with Crippen molar-refractivity contribution in [2.24, 2.45) is 0 Å². The summed E-state index contributed by atoms with van der Waals surface area (Å²) in [6.45, 7) is 7.25. The van der Waals surface area contributed by atoms with Crippen molar-refractivity contribution in [3.63, 3.8) is 0 Å². The zero-order chi connectivity index (χ0) is 14.7. The molecule has 0 bridgehead atoms. The van der Waals surface area contributed by atoms with Crippen LogP contribution in [0.25, 0.3) is 0 Å². The lowest BCUT2D eigenvalue weighted by Gasteiger charge is -2.33. The van der Waals surface area contributed by atoms with Crippen LogP contribution in [0.3, 0.4) is 0 Å². The Morgan fingerprint density at radius 3 is 2.90 bits per heavy atom. The molecule has 1 unspecified atom stereocenters. The Kier molecular flexibility index (Phi) is 5.01. The zero-order valence-electron chi connectivity index (χ0n) is 11.9. The average Bonchev–Trinajstić information content (AvgIpc) is 2.75. The summed E-state index contributed by atoms with van der Waals surface area (Å²) in [6.07, 6.45) is 0.781. The molecule has 0 spiro atoms. The van der Waals surface area contributed by atoms with Crippen LogP contribution in [0.15, 0.2) is 0 Å². The van der Waals surface area contributed by atoms with E-state index in [0.717, 1.165) is 30.9 Å². The molecule has 0 aliphatic carbocycles. The summed E-state index contributed by atoms with van der Waals surface area (Å²) in [6, 6.07) is -0.509. The molecule has 0 radical (unpaired) electrons. The monoisotopic (exact) mass is 300 g/mol. The fourth-order valence-corrected chi connectivity index (χ4v) is 2.87. The van der Waals surface area contributed by atoms with Crippen molar-refractivity contribution in [1.29, 1.82) is 0 Å². The summed E-state index contributed by atoms with van der Waals surface area (Å²) in [7, 11) is 0. The molecule has 2 rings (SSSR count). The number of hydrogen-bond donors (Lipinski definition) is 2. The second-order valence-corrected chi connectivity index (χ2v) is 5.28. The summed E-state index contributed by atoms with van der Waals surface area (Å²) >= 11 is 6.38. The highest BCUT2D eigenvalue weighted by molar-refractivity contribution is 6.31. The average molecular weight is 301 g/mol. The predicted octanol–water partition coefficient (Wildman–Crippen LogP) is 0.977. The van der Waals surface area contributed by atoms with Crippen molar-refractivity contribution in [1.82, 2.24) is 20.0 Å². The second kappa shape index (κ2) is 6.56. The van der Waals surface area contributed by atoms with Crippen molar-refractivity contribution in [3.8, 4) is 0 Å². The van der Waals surface area contributed by atoms with Gasteiger partial charge in [-0.1, -0.05) is 18.5 Å². The molecule has 0 amide bonds. The highest BCUT2D eigenvalue weighted by Crippen LogP contribution is 2.24. The minimum atomic E-state index is -0.799. The van der Waals surface area contributed by atoms with Crippen LogP contribution in [-0.2, 0) is 24.3 Å². The minimum Gasteiger partial charge on any atom is -0.480 e. The number of piperazine rings is 1. The maximum absolute atomic E-state index is 11.3. The summed E-state index contributed by atoms with van der Waals surface area (Å²) in [5.74, 6) is -0.799. The fourth-order valence-electron chi connectivity index (χ4n) is 2.54. The van der Waals surface area contributed by atoms with Crippen molar-refractivity contribution in [3.05, 3.63) is 16.4 Å². The number of nitrogens with one attached hydrogen (secondary N) is 1. The summed E-state index contributed by atoms with van der Waals surface area (Å²) in [5, 5.41) is 17.6. The number of carbonyl (C=O) groups is 1. The molecule has 2 heterocycles. The van der Waals surface area contributed by atoms with Crippen LogP contribution < -0.4 is 5.32 Å². The standard InChI is InChI=1S/C13H21ClN4O2/c1-3-9-12(14)11(18(4-2)16-9)8-17-6-5-15-7-10(17)13(19)20/h10,15H,3-8H2,1-2H3,(H,19,20). The lowest BCUT2D eigenvalue weighted by Crippen LogP contribution is -2.54. The van der Waals surface area contributed by atoms with Gasteiger partial charge in [0.25, 0.3) is 0 Å². The maximum Gasteiger partial charge on any atom is 0.322 e. The molecule has 112 valence electrons. The molecule has 1 aromatic rings. The first kappa shape index (κ1) is 15.3. The normalized spacial score (nSPS) is 20.2. The van der Waals surface area contributed by atoms with E-state index in [0.29, 0.717) is 24.7 Å². The second-order valence-electron chi connectivity index (χ2n) is 4.91. The first-order valence-electron chi connectivity index (χ1n) is 7.00. The molecule has 20 heavy (non-hydrogen) atoms. The van der Waals surface area contributed by atoms with Crippen molar-refractivity contribution >= 4 is 17.6 Å². The summed E-state index contributed by atoms with van der Waals surface area (Å²) in [4.78, 5) is 13.3. The van der Waals surface area contributed by atoms with E-state index in [2.05, 4.69) is 10.4 Å². The molecule has 1 aliphatic heterocycles. The van der Waals surface area contributed by atoms with Gasteiger partial charge in [-0.3, -0.25) is 14.4 Å². The number of nitrogens with zero attached hydrogens (tertiary/aromatic N) is 3. The highest BCUT2D eigenvalue weighted by atomic mass is 35.5. The van der Waals surface area contributed by atoms with Crippen LogP contribution in [0.1, 0.15) is 25.2 Å². The molecular formula is C13H21ClN4O2. The van der Waals surface area contributed by atoms with E-state index in [-0.39, 0.29) is 0 Å². The van der Waals surface area contributed by atoms with Gasteiger partial charge in [0, 0.05) is 32.7 Å². The third-order valence-corrected chi connectivity index (χ3v) is 4.12. The van der Waals surface area contributed by atoms with Gasteiger partial charge in [-0.25, -0.2) is 0 Å². The Morgan fingerprint density at radius 2 is 2.30 bits per heavy atom. The Hall–Kier alpha value is -1.11. The van der Waals surface area contributed by atoms with E-state index in [9.17, 15) is 9.90 Å². The minimum absolute atomic E-state index is 0.466. The molecule has 2 N–H and O–H groups in total. The highest BCUT2D eigenvalue weighted by Gasteiger charge is 2.30. The lowest BCUT2D eigenvalue weighted by atomic mass is 10.1. The number of rotatable bonds is 5. The number of hydrogen-bond acceptors (Lipinski definition) is 4. The largest absolute Gasteiger partial charge is 0.480 e. The van der Waals surface area contributed by atoms with Crippen LogP contribution in [0, 0.1) is 0 Å². The number of aryl methyl sites for hydroxylation is 2. The van der Waals surface area contributed by atoms with Crippen LogP contribution in [0.4, 0.5) is 0 Å². The van der Waals surface area contributed by atoms with E-state index in [4.69, 9.17) is 11.6 Å². The van der Waals surface area contributed by atoms with Crippen molar-refractivity contribution < 1.29 is 9.90 Å². The van der Waals surface area contributed by atoms with Gasteiger partial charge in [-0.2, -0.15) is 5.10 Å². The first-order valence-corrected chi connectivity index (χ1v) is 7.37. The first-order chi connectivity index (χ1) is 9.58. The molecule has 1 aromatic heterocycles. The van der Waals surface area contributed by atoms with Gasteiger partial charge in [0.15, 0.2) is 0 Å². The molecule has 0 aromatic carbocycles. The molecule has 1 fully saturated rings. The Morgan fingerprint density at radius 1 is 1.55 bits per heavy atom. The van der Waals surface area contributed by atoms with Crippen LogP contribution in [-0.4, -0.2) is 51.4 Å². The molecule has 1 saturated heterocycles. The van der Waals surface area contributed by atoms with Gasteiger partial charge < -0.3 is 10.4 Å². The van der Waals surface area contributed by atoms with Gasteiger partial charge in [-0.05, 0) is 13.3 Å². The SMILES string of the molecule is CCc1nn(CC)c(CN2CCNCC2C(=O)O)c1Cl. The third kappa shape index (κ3) is 2.97. The van der Waals surface area contributed by atoms with Gasteiger partial charge in [-0.15, -0.1) is 0 Å². The van der Waals surface area contributed by atoms with E-state index >= 15 is 0 Å². The number of aliphatic carboxylic acids is 1. The predicted molar refractivity (Wildman–Crippen MR) is 77.0 cm³/mol. The van der Waals surface area contributed by atoms with Gasteiger partial charge >= 0.3 is 5.97 Å². The number of carboxylic acids is 1. The van der Waals surface area contributed by atoms with E-state index < -0.39 is 12.0 Å². The van der Waals surface area contributed by atoms with Crippen LogP contribution in [0.5, 0.6) is 0 Å². The van der Waals surface area contributed by atoms with Crippen molar-refractivity contribution in [2.75, 3.05) is 19.6 Å². The molecular weight excluding hydrogens is 280 g/mol. The maximum atomic E-state index is 11.3. The summed E-state index contributed by atoms with van der Waals surface area (Å²) < 4.78 is 1.88. The number of halogens is 1. The van der Waals surface area contributed by atoms with E-state index in [1.807, 2.05) is 23.4 Å². The molecule has 7 heteroatoms. The zero-order valence-corrected chi connectivity index (χ0v) is 12.7. The topological polar surface area (TPSA) is 70.4 Å². The van der Waals surface area contributed by atoms with Gasteiger partial charge in [0.1, 0.15) is 6.04 Å². The quantitative estimate of drug-likeness (QED) is 0.848. The van der Waals surface area contributed by atoms with Crippen LogP contribution in [0.2, 0.25) is 5.02 Å². The fraction of sp³-hybridized carbons (Fsp3) is 0.692. The lowest BCUT2D eigenvalue weighted by molar-refractivity contribution is -0.144. The smallest absolute Gasteiger partial charge is 0.322 e. The molecule has 1 aliphatic rings. The Bertz CT molecular complexity index is 489. The number of carboxylic acid groups (broad SMARTS) is 1. The van der Waals surface area contributed by atoms with Crippen molar-refractivity contribution in [2.45, 2.75) is 39.4 Å². The molecule has 6 nitrogen and oxygen atoms in total. The Labute approximate surface area is 123 Å². The molecule has 1 atom stereocenters. The molecule has 0 saturated carbocycles. The van der Waals surface area contributed by atoms with E-state index in [1.165, 1.54) is 0 Å².